The van der Waals surface area contributed by atoms with Crippen LogP contribution in [0.1, 0.15) is 28.5 Å². The van der Waals surface area contributed by atoms with E-state index in [0.717, 1.165) is 37.6 Å². The predicted molar refractivity (Wildman–Crippen MR) is 113 cm³/mol. The number of carbonyl (C=O) groups is 2. The number of hydrogen-bond acceptors (Lipinski definition) is 5. The zero-order chi connectivity index (χ0) is 19.9. The summed E-state index contributed by atoms with van der Waals surface area (Å²) in [7, 11) is 0. The van der Waals surface area contributed by atoms with Gasteiger partial charge in [-0.25, -0.2) is 4.98 Å². The first kappa shape index (κ1) is 20.4. The van der Waals surface area contributed by atoms with Gasteiger partial charge in [0, 0.05) is 51.0 Å². The van der Waals surface area contributed by atoms with Crippen molar-refractivity contribution in [3.05, 3.63) is 59.3 Å². The van der Waals surface area contributed by atoms with Crippen LogP contribution in [0.25, 0.3) is 0 Å². The number of thioether (sulfide) groups is 1. The Bertz CT molecular complexity index is 817. The summed E-state index contributed by atoms with van der Waals surface area (Å²) in [6.07, 6.45) is 2.06. The quantitative estimate of drug-likeness (QED) is 0.811. The minimum atomic E-state index is -0.157. The Morgan fingerprint density at radius 2 is 1.79 bits per heavy atom. The molecule has 0 unspecified atom stereocenters. The van der Waals surface area contributed by atoms with E-state index in [1.165, 1.54) is 5.56 Å². The number of pyridine rings is 1. The van der Waals surface area contributed by atoms with Crippen molar-refractivity contribution < 1.29 is 9.59 Å². The lowest BCUT2D eigenvalue weighted by Crippen LogP contribution is -2.47. The molecule has 0 spiro atoms. The van der Waals surface area contributed by atoms with E-state index >= 15 is 0 Å². The highest BCUT2D eigenvalue weighted by Gasteiger charge is 2.19. The highest BCUT2D eigenvalue weighted by Crippen LogP contribution is 2.14. The van der Waals surface area contributed by atoms with Crippen molar-refractivity contribution >= 4 is 29.4 Å². The maximum atomic E-state index is 12.5. The van der Waals surface area contributed by atoms with E-state index in [0.29, 0.717) is 17.9 Å². The molecule has 1 aliphatic heterocycles. The van der Waals surface area contributed by atoms with Crippen LogP contribution in [0.4, 0.5) is 5.82 Å². The molecule has 0 saturated carbocycles. The van der Waals surface area contributed by atoms with Gasteiger partial charge in [0.1, 0.15) is 5.82 Å². The van der Waals surface area contributed by atoms with E-state index in [2.05, 4.69) is 21.5 Å². The summed E-state index contributed by atoms with van der Waals surface area (Å²) >= 11 is 1.75. The van der Waals surface area contributed by atoms with Crippen LogP contribution in [-0.2, 0) is 17.1 Å². The first-order valence-corrected chi connectivity index (χ1v) is 10.8. The number of anilines is 1. The lowest BCUT2D eigenvalue weighted by Gasteiger charge is -2.33. The molecule has 28 heavy (non-hydrogen) atoms. The zero-order valence-corrected chi connectivity index (χ0v) is 17.2. The molecular formula is C21H26N4O2S. The number of amides is 2. The van der Waals surface area contributed by atoms with E-state index in [1.807, 2.05) is 41.3 Å². The average Bonchev–Trinajstić information content (AvgIpc) is 2.69. The molecule has 6 nitrogen and oxygen atoms in total. The number of aromatic nitrogens is 1. The molecule has 1 fully saturated rings. The Balaban J connectivity index is 1.57. The van der Waals surface area contributed by atoms with Crippen molar-refractivity contribution in [2.24, 2.45) is 0 Å². The minimum Gasteiger partial charge on any atom is -0.340 e. The first-order valence-electron chi connectivity index (χ1n) is 9.38. The second-order valence-electron chi connectivity index (χ2n) is 6.88. The topological polar surface area (TPSA) is 65.5 Å². The Labute approximate surface area is 170 Å². The van der Waals surface area contributed by atoms with Gasteiger partial charge in [0.15, 0.2) is 0 Å². The van der Waals surface area contributed by atoms with Crippen LogP contribution in [0, 0.1) is 0 Å². The minimum absolute atomic E-state index is 0.129. The van der Waals surface area contributed by atoms with Crippen LogP contribution >= 0.6 is 11.8 Å². The van der Waals surface area contributed by atoms with Gasteiger partial charge in [-0.15, -0.1) is 0 Å². The molecule has 1 aromatic heterocycles. The molecule has 1 saturated heterocycles. The average molecular weight is 399 g/mol. The lowest BCUT2D eigenvalue weighted by molar-refractivity contribution is -0.130. The molecule has 3 rings (SSSR count). The molecule has 1 aliphatic rings. The third-order valence-corrected chi connectivity index (χ3v) is 5.40. The van der Waals surface area contributed by atoms with Crippen molar-refractivity contribution in [3.63, 3.8) is 0 Å². The number of carbonyl (C=O) groups excluding carboxylic acids is 2. The molecule has 2 aromatic rings. The maximum absolute atomic E-state index is 12.5. The standard InChI is InChI=1S/C21H26N4O2S/c1-16(26)25-12-10-24(11-13-25)14-19-4-3-5-20(22-19)23-21(27)18-8-6-17(7-9-18)15-28-2/h3-9H,10-15H2,1-2H3,(H,22,23,27). The normalized spacial score (nSPS) is 14.7. The van der Waals surface area contributed by atoms with Crippen molar-refractivity contribution in [2.45, 2.75) is 19.2 Å². The van der Waals surface area contributed by atoms with Crippen molar-refractivity contribution in [2.75, 3.05) is 37.8 Å². The van der Waals surface area contributed by atoms with Gasteiger partial charge in [-0.3, -0.25) is 14.5 Å². The third-order valence-electron chi connectivity index (χ3n) is 4.78. The highest BCUT2D eigenvalue weighted by atomic mass is 32.2. The van der Waals surface area contributed by atoms with Crippen LogP contribution in [0.15, 0.2) is 42.5 Å². The van der Waals surface area contributed by atoms with Crippen molar-refractivity contribution in [1.29, 1.82) is 0 Å². The van der Waals surface area contributed by atoms with Gasteiger partial charge in [-0.2, -0.15) is 11.8 Å². The Morgan fingerprint density at radius 3 is 2.43 bits per heavy atom. The summed E-state index contributed by atoms with van der Waals surface area (Å²) in [5.41, 5.74) is 2.73. The van der Waals surface area contributed by atoms with Gasteiger partial charge in [0.2, 0.25) is 5.91 Å². The Morgan fingerprint density at radius 1 is 1.07 bits per heavy atom. The SMILES string of the molecule is CSCc1ccc(C(=O)Nc2cccc(CN3CCN(C(C)=O)CC3)n2)cc1. The summed E-state index contributed by atoms with van der Waals surface area (Å²) < 4.78 is 0. The number of rotatable bonds is 6. The molecule has 0 atom stereocenters. The maximum Gasteiger partial charge on any atom is 0.256 e. The molecule has 0 aliphatic carbocycles. The van der Waals surface area contributed by atoms with Crippen LogP contribution in [0.5, 0.6) is 0 Å². The van der Waals surface area contributed by atoms with E-state index in [4.69, 9.17) is 0 Å². The highest BCUT2D eigenvalue weighted by molar-refractivity contribution is 7.97. The molecule has 7 heteroatoms. The fourth-order valence-corrected chi connectivity index (χ4v) is 3.72. The summed E-state index contributed by atoms with van der Waals surface area (Å²) in [4.78, 5) is 32.6. The van der Waals surface area contributed by atoms with E-state index in [1.54, 1.807) is 24.8 Å². The molecule has 2 amide bonds. The summed E-state index contributed by atoms with van der Waals surface area (Å²) in [5, 5.41) is 2.88. The van der Waals surface area contributed by atoms with E-state index < -0.39 is 0 Å². The second-order valence-corrected chi connectivity index (χ2v) is 7.75. The Hall–Kier alpha value is -2.38. The van der Waals surface area contributed by atoms with Crippen LogP contribution < -0.4 is 5.32 Å². The van der Waals surface area contributed by atoms with Gasteiger partial charge in [-0.1, -0.05) is 18.2 Å². The van der Waals surface area contributed by atoms with E-state index in [-0.39, 0.29) is 11.8 Å². The number of hydrogen-bond donors (Lipinski definition) is 1. The fraction of sp³-hybridized carbons (Fsp3) is 0.381. The van der Waals surface area contributed by atoms with Gasteiger partial charge in [0.05, 0.1) is 5.69 Å². The van der Waals surface area contributed by atoms with Gasteiger partial charge < -0.3 is 10.2 Å². The predicted octanol–water partition coefficient (Wildman–Crippen LogP) is 2.86. The van der Waals surface area contributed by atoms with E-state index in [9.17, 15) is 9.59 Å². The molecule has 1 N–H and O–H groups in total. The molecule has 2 heterocycles. The first-order chi connectivity index (χ1) is 13.5. The molecular weight excluding hydrogens is 372 g/mol. The largest absolute Gasteiger partial charge is 0.340 e. The van der Waals surface area contributed by atoms with Crippen LogP contribution in [-0.4, -0.2) is 59.0 Å². The zero-order valence-electron chi connectivity index (χ0n) is 16.4. The summed E-state index contributed by atoms with van der Waals surface area (Å²) in [5.74, 6) is 1.46. The van der Waals surface area contributed by atoms with Crippen molar-refractivity contribution in [1.82, 2.24) is 14.8 Å². The van der Waals surface area contributed by atoms with Crippen molar-refractivity contribution in [3.8, 4) is 0 Å². The fourth-order valence-electron chi connectivity index (χ4n) is 3.19. The van der Waals surface area contributed by atoms with Gasteiger partial charge in [0.25, 0.3) is 5.91 Å². The third kappa shape index (κ3) is 5.56. The van der Waals surface area contributed by atoms with Crippen LogP contribution in [0.3, 0.4) is 0 Å². The van der Waals surface area contributed by atoms with Gasteiger partial charge in [-0.05, 0) is 36.1 Å². The molecule has 0 radical (unpaired) electrons. The lowest BCUT2D eigenvalue weighted by atomic mass is 10.1. The number of nitrogens with zero attached hydrogens (tertiary/aromatic N) is 3. The molecule has 0 bridgehead atoms. The summed E-state index contributed by atoms with van der Waals surface area (Å²) in [6, 6.07) is 13.3. The second kappa shape index (κ2) is 9.71. The molecule has 1 aromatic carbocycles. The number of piperazine rings is 1. The number of benzene rings is 1. The monoisotopic (exact) mass is 398 g/mol. The van der Waals surface area contributed by atoms with Crippen LogP contribution in [0.2, 0.25) is 0 Å². The summed E-state index contributed by atoms with van der Waals surface area (Å²) in [6.45, 7) is 5.48. The van der Waals surface area contributed by atoms with Gasteiger partial charge >= 0.3 is 0 Å². The number of nitrogens with one attached hydrogen (secondary N) is 1. The Kier molecular flexibility index (Phi) is 7.06. The smallest absolute Gasteiger partial charge is 0.256 e. The molecule has 148 valence electrons.